The average Bonchev–Trinajstić information content (AvgIpc) is 2.45. The Morgan fingerprint density at radius 2 is 1.79 bits per heavy atom. The van der Waals surface area contributed by atoms with Crippen LogP contribution in [0.5, 0.6) is 0 Å². The molecule has 0 bridgehead atoms. The van der Waals surface area contributed by atoms with E-state index in [1.165, 1.54) is 0 Å². The zero-order valence-corrected chi connectivity index (χ0v) is 10.0. The highest BCUT2D eigenvalue weighted by Crippen LogP contribution is 2.22. The Kier molecular flexibility index (Phi) is 3.74. The lowest BCUT2D eigenvalue weighted by Crippen LogP contribution is -2.35. The first-order valence-electron chi connectivity index (χ1n) is 5.66. The number of rotatable bonds is 2. The zero-order chi connectivity index (χ0) is 13.7. The highest BCUT2D eigenvalue weighted by molar-refractivity contribution is 6.40. The van der Waals surface area contributed by atoms with Crippen molar-refractivity contribution >= 4 is 28.3 Å². The minimum Gasteiger partial charge on any atom is -0.335 e. The predicted octanol–water partition coefficient (Wildman–Crippen LogP) is 1.42. The minimum absolute atomic E-state index is 0.193. The summed E-state index contributed by atoms with van der Waals surface area (Å²) in [6, 6.07) is 14.7. The normalized spacial score (nSPS) is 9.63. The fourth-order valence-corrected chi connectivity index (χ4v) is 1.71. The number of hydrogen-bond acceptors (Lipinski definition) is 3. The van der Waals surface area contributed by atoms with E-state index in [0.29, 0.717) is 5.69 Å². The van der Waals surface area contributed by atoms with Gasteiger partial charge in [0.1, 0.15) is 6.54 Å². The van der Waals surface area contributed by atoms with Crippen LogP contribution in [-0.2, 0) is 9.59 Å². The van der Waals surface area contributed by atoms with E-state index in [2.05, 4.69) is 10.6 Å². The van der Waals surface area contributed by atoms with Crippen LogP contribution in [0.2, 0.25) is 0 Å². The van der Waals surface area contributed by atoms with Crippen molar-refractivity contribution in [2.24, 2.45) is 0 Å². The van der Waals surface area contributed by atoms with Crippen molar-refractivity contribution in [2.75, 3.05) is 11.9 Å². The van der Waals surface area contributed by atoms with Crippen molar-refractivity contribution in [1.82, 2.24) is 5.32 Å². The molecule has 0 aliphatic rings. The highest BCUT2D eigenvalue weighted by Gasteiger charge is 2.13. The summed E-state index contributed by atoms with van der Waals surface area (Å²) in [5, 5.41) is 14.9. The van der Waals surface area contributed by atoms with Gasteiger partial charge in [-0.25, -0.2) is 0 Å². The number of nitrogens with one attached hydrogen (secondary N) is 2. The van der Waals surface area contributed by atoms with Crippen LogP contribution in [0.3, 0.4) is 0 Å². The van der Waals surface area contributed by atoms with Crippen molar-refractivity contribution in [3.8, 4) is 6.07 Å². The summed E-state index contributed by atoms with van der Waals surface area (Å²) < 4.78 is 0. The van der Waals surface area contributed by atoms with Gasteiger partial charge < -0.3 is 10.6 Å². The number of benzene rings is 2. The molecule has 94 valence electrons. The third-order valence-corrected chi connectivity index (χ3v) is 2.57. The Morgan fingerprint density at radius 3 is 2.58 bits per heavy atom. The van der Waals surface area contributed by atoms with E-state index in [1.54, 1.807) is 18.2 Å². The summed E-state index contributed by atoms with van der Waals surface area (Å²) in [7, 11) is 0. The van der Waals surface area contributed by atoms with Crippen LogP contribution in [0.1, 0.15) is 0 Å². The first kappa shape index (κ1) is 12.6. The van der Waals surface area contributed by atoms with Gasteiger partial charge in [-0.15, -0.1) is 0 Å². The lowest BCUT2D eigenvalue weighted by atomic mass is 10.1. The molecule has 0 saturated carbocycles. The maximum Gasteiger partial charge on any atom is 0.313 e. The van der Waals surface area contributed by atoms with Crippen molar-refractivity contribution in [2.45, 2.75) is 0 Å². The molecule has 0 heterocycles. The summed E-state index contributed by atoms with van der Waals surface area (Å²) >= 11 is 0. The third kappa shape index (κ3) is 2.87. The van der Waals surface area contributed by atoms with E-state index in [0.717, 1.165) is 10.8 Å². The molecule has 0 fully saturated rings. The number of carbonyl (C=O) groups is 2. The van der Waals surface area contributed by atoms with Gasteiger partial charge in [0, 0.05) is 11.1 Å². The third-order valence-electron chi connectivity index (χ3n) is 2.57. The SMILES string of the molecule is N#CCNC(=O)C(=O)Nc1cccc2ccccc12. The van der Waals surface area contributed by atoms with E-state index < -0.39 is 11.8 Å². The molecule has 2 rings (SSSR count). The van der Waals surface area contributed by atoms with Crippen LogP contribution in [0.15, 0.2) is 42.5 Å². The number of amides is 2. The molecule has 0 aromatic heterocycles. The second-order valence-corrected chi connectivity index (χ2v) is 3.82. The van der Waals surface area contributed by atoms with Gasteiger partial charge in [0.15, 0.2) is 0 Å². The van der Waals surface area contributed by atoms with Crippen LogP contribution < -0.4 is 10.6 Å². The van der Waals surface area contributed by atoms with E-state index in [1.807, 2.05) is 30.3 Å². The molecular weight excluding hydrogens is 242 g/mol. The molecule has 19 heavy (non-hydrogen) atoms. The Bertz CT molecular complexity index is 668. The van der Waals surface area contributed by atoms with Crippen molar-refractivity contribution < 1.29 is 9.59 Å². The highest BCUT2D eigenvalue weighted by atomic mass is 16.2. The standard InChI is InChI=1S/C14H11N3O2/c15-8-9-16-13(18)14(19)17-12-7-3-5-10-4-1-2-6-11(10)12/h1-7H,9H2,(H,16,18)(H,17,19). The molecule has 2 amide bonds. The van der Waals surface area contributed by atoms with E-state index in [9.17, 15) is 9.59 Å². The van der Waals surface area contributed by atoms with E-state index in [4.69, 9.17) is 5.26 Å². The van der Waals surface area contributed by atoms with Gasteiger partial charge in [-0.3, -0.25) is 9.59 Å². The van der Waals surface area contributed by atoms with Crippen LogP contribution >= 0.6 is 0 Å². The summed E-state index contributed by atoms with van der Waals surface area (Å²) in [6.07, 6.45) is 0. The number of anilines is 1. The van der Waals surface area contributed by atoms with Gasteiger partial charge in [-0.2, -0.15) is 5.26 Å². The molecule has 2 aromatic carbocycles. The first-order chi connectivity index (χ1) is 9.22. The molecule has 0 unspecified atom stereocenters. The van der Waals surface area contributed by atoms with Crippen molar-refractivity contribution in [3.63, 3.8) is 0 Å². The van der Waals surface area contributed by atoms with Crippen LogP contribution in [0.4, 0.5) is 5.69 Å². The zero-order valence-electron chi connectivity index (χ0n) is 10.0. The van der Waals surface area contributed by atoms with Crippen LogP contribution in [-0.4, -0.2) is 18.4 Å². The number of hydrogen-bond donors (Lipinski definition) is 2. The molecule has 0 atom stereocenters. The predicted molar refractivity (Wildman–Crippen MR) is 71.2 cm³/mol. The maximum absolute atomic E-state index is 11.6. The van der Waals surface area contributed by atoms with E-state index in [-0.39, 0.29) is 6.54 Å². The Balaban J connectivity index is 2.20. The quantitative estimate of drug-likeness (QED) is 0.627. The van der Waals surface area contributed by atoms with Gasteiger partial charge in [0.2, 0.25) is 0 Å². The Labute approximate surface area is 109 Å². The summed E-state index contributed by atoms with van der Waals surface area (Å²) in [5.41, 5.74) is 0.565. The molecule has 0 saturated heterocycles. The average molecular weight is 253 g/mol. The number of fused-ring (bicyclic) bond motifs is 1. The lowest BCUT2D eigenvalue weighted by Gasteiger charge is -2.07. The summed E-state index contributed by atoms with van der Waals surface area (Å²) in [6.45, 7) is -0.193. The molecule has 2 aromatic rings. The molecular formula is C14H11N3O2. The second kappa shape index (κ2) is 5.65. The van der Waals surface area contributed by atoms with Gasteiger partial charge in [-0.1, -0.05) is 36.4 Å². The number of nitrogens with zero attached hydrogens (tertiary/aromatic N) is 1. The molecule has 0 spiro atoms. The topological polar surface area (TPSA) is 82.0 Å². The smallest absolute Gasteiger partial charge is 0.313 e. The second-order valence-electron chi connectivity index (χ2n) is 3.82. The maximum atomic E-state index is 11.6. The Hall–Kier alpha value is -2.87. The summed E-state index contributed by atoms with van der Waals surface area (Å²) in [5.74, 6) is -1.61. The van der Waals surface area contributed by atoms with Crippen LogP contribution in [0.25, 0.3) is 10.8 Å². The van der Waals surface area contributed by atoms with Crippen molar-refractivity contribution in [1.29, 1.82) is 5.26 Å². The number of nitriles is 1. The monoisotopic (exact) mass is 253 g/mol. The van der Waals surface area contributed by atoms with Crippen LogP contribution in [0, 0.1) is 11.3 Å². The first-order valence-corrected chi connectivity index (χ1v) is 5.66. The molecule has 2 N–H and O–H groups in total. The molecule has 5 nitrogen and oxygen atoms in total. The summed E-state index contributed by atoms with van der Waals surface area (Å²) in [4.78, 5) is 23.0. The largest absolute Gasteiger partial charge is 0.335 e. The van der Waals surface area contributed by atoms with E-state index >= 15 is 0 Å². The van der Waals surface area contributed by atoms with Gasteiger partial charge >= 0.3 is 11.8 Å². The molecule has 0 aliphatic carbocycles. The van der Waals surface area contributed by atoms with Gasteiger partial charge in [0.05, 0.1) is 6.07 Å². The lowest BCUT2D eigenvalue weighted by molar-refractivity contribution is -0.136. The minimum atomic E-state index is -0.825. The molecule has 0 aliphatic heterocycles. The Morgan fingerprint density at radius 1 is 1.05 bits per heavy atom. The van der Waals surface area contributed by atoms with Gasteiger partial charge in [-0.05, 0) is 11.5 Å². The van der Waals surface area contributed by atoms with Gasteiger partial charge in [0.25, 0.3) is 0 Å². The molecule has 5 heteroatoms. The molecule has 0 radical (unpaired) electrons. The fourth-order valence-electron chi connectivity index (χ4n) is 1.71. The van der Waals surface area contributed by atoms with Crippen molar-refractivity contribution in [3.05, 3.63) is 42.5 Å². The number of carbonyl (C=O) groups excluding carboxylic acids is 2. The fraction of sp³-hybridized carbons (Fsp3) is 0.0714.